The van der Waals surface area contributed by atoms with Gasteiger partial charge in [0.1, 0.15) is 0 Å². The topological polar surface area (TPSA) is 21.3 Å². The van der Waals surface area contributed by atoms with Gasteiger partial charge in [-0.2, -0.15) is 0 Å². The lowest BCUT2D eigenvalue weighted by Gasteiger charge is -2.25. The van der Waals surface area contributed by atoms with Gasteiger partial charge in [-0.25, -0.2) is 0 Å². The second-order valence-electron chi connectivity index (χ2n) is 2.45. The zero-order valence-corrected chi connectivity index (χ0v) is 6.70. The highest BCUT2D eigenvalue weighted by Gasteiger charge is 2.12. The molecule has 1 aliphatic heterocycles. The first-order valence-electron chi connectivity index (χ1n) is 3.14. The Morgan fingerprint density at radius 2 is 2.11 bits per heavy atom. The second-order valence-corrected chi connectivity index (χ2v) is 2.45. The first kappa shape index (κ1) is 9.21. The first-order valence-corrected chi connectivity index (χ1v) is 3.14. The molecule has 0 spiro atoms. The summed E-state index contributed by atoms with van der Waals surface area (Å²) in [5.41, 5.74) is 0. The Bertz CT molecular complexity index is 61.5. The average molecular weight is 152 g/mol. The summed E-state index contributed by atoms with van der Waals surface area (Å²) in [6.45, 7) is 6.08. The Balaban J connectivity index is 0.000000640. The summed E-state index contributed by atoms with van der Waals surface area (Å²) >= 11 is 0. The number of nitrogens with one attached hydrogen (secondary N) is 1. The van der Waals surface area contributed by atoms with E-state index in [1.54, 1.807) is 0 Å². The van der Waals surface area contributed by atoms with Gasteiger partial charge in [-0.15, -0.1) is 12.4 Å². The van der Waals surface area contributed by atoms with Gasteiger partial charge in [-0.1, -0.05) is 0 Å². The van der Waals surface area contributed by atoms with Gasteiger partial charge in [0.2, 0.25) is 0 Å². The lowest BCUT2D eigenvalue weighted by Crippen LogP contribution is -2.43. The molecule has 0 aliphatic carbocycles. The predicted octanol–water partition coefficient (Wildman–Crippen LogP) is 0.805. The van der Waals surface area contributed by atoms with Crippen molar-refractivity contribution >= 4 is 12.4 Å². The molecule has 0 saturated carbocycles. The van der Waals surface area contributed by atoms with Crippen LogP contribution < -0.4 is 5.32 Å². The Hall–Kier alpha value is 0.210. The number of hydrogen-bond donors (Lipinski definition) is 1. The van der Waals surface area contributed by atoms with E-state index in [0.717, 1.165) is 13.2 Å². The van der Waals surface area contributed by atoms with Gasteiger partial charge in [0.25, 0.3) is 0 Å². The van der Waals surface area contributed by atoms with Crippen LogP contribution in [0.25, 0.3) is 0 Å². The van der Waals surface area contributed by atoms with Crippen LogP contribution in [0, 0.1) is 0 Å². The van der Waals surface area contributed by atoms with Crippen molar-refractivity contribution in [2.75, 3.05) is 13.2 Å². The molecule has 0 aromatic heterocycles. The zero-order chi connectivity index (χ0) is 5.98. The van der Waals surface area contributed by atoms with Crippen molar-refractivity contribution in [3.8, 4) is 0 Å². The normalized spacial score (nSPS) is 35.3. The van der Waals surface area contributed by atoms with Crippen molar-refractivity contribution in [2.45, 2.75) is 26.0 Å². The maximum Gasteiger partial charge on any atom is 0.0672 e. The molecule has 2 nitrogen and oxygen atoms in total. The van der Waals surface area contributed by atoms with E-state index in [-0.39, 0.29) is 12.4 Å². The Labute approximate surface area is 62.4 Å². The van der Waals surface area contributed by atoms with Gasteiger partial charge < -0.3 is 10.1 Å². The monoisotopic (exact) mass is 151 g/mol. The van der Waals surface area contributed by atoms with Crippen molar-refractivity contribution in [3.63, 3.8) is 0 Å². The highest BCUT2D eigenvalue weighted by Crippen LogP contribution is 1.97. The Morgan fingerprint density at radius 3 is 2.44 bits per heavy atom. The lowest BCUT2D eigenvalue weighted by molar-refractivity contribution is 0.0196. The molecule has 0 amide bonds. The molecular formula is C6H14ClNO. The van der Waals surface area contributed by atoms with Crippen LogP contribution in [0.15, 0.2) is 0 Å². The molecule has 0 radical (unpaired) electrons. The first-order chi connectivity index (χ1) is 3.79. The van der Waals surface area contributed by atoms with Crippen LogP contribution in [0.5, 0.6) is 0 Å². The summed E-state index contributed by atoms with van der Waals surface area (Å²) in [6, 6.07) is 0.547. The smallest absolute Gasteiger partial charge is 0.0672 e. The van der Waals surface area contributed by atoms with Gasteiger partial charge >= 0.3 is 0 Å². The van der Waals surface area contributed by atoms with E-state index in [9.17, 15) is 0 Å². The third-order valence-electron chi connectivity index (χ3n) is 1.38. The van der Waals surface area contributed by atoms with Gasteiger partial charge in [0, 0.05) is 12.6 Å². The molecule has 56 valence electrons. The van der Waals surface area contributed by atoms with Crippen molar-refractivity contribution in [3.05, 3.63) is 0 Å². The summed E-state index contributed by atoms with van der Waals surface area (Å²) in [7, 11) is 0. The van der Waals surface area contributed by atoms with Crippen molar-refractivity contribution in [1.82, 2.24) is 5.32 Å². The minimum atomic E-state index is 0. The van der Waals surface area contributed by atoms with Crippen LogP contribution >= 0.6 is 12.4 Å². The molecule has 1 fully saturated rings. The summed E-state index contributed by atoms with van der Waals surface area (Å²) in [6.07, 6.45) is 0.409. The van der Waals surface area contributed by atoms with E-state index < -0.39 is 0 Å². The SMILES string of the molecule is C[C@@H]1CO[C@H](C)CN1.Cl. The Morgan fingerprint density at radius 1 is 1.44 bits per heavy atom. The molecule has 1 heterocycles. The molecule has 1 aliphatic rings. The van der Waals surface area contributed by atoms with Crippen LogP contribution in [-0.2, 0) is 4.74 Å². The molecule has 3 heteroatoms. The maximum absolute atomic E-state index is 5.33. The van der Waals surface area contributed by atoms with Gasteiger partial charge in [-0.05, 0) is 13.8 Å². The molecule has 1 rings (SSSR count). The maximum atomic E-state index is 5.33. The summed E-state index contributed by atoms with van der Waals surface area (Å²) in [4.78, 5) is 0. The van der Waals surface area contributed by atoms with Crippen LogP contribution in [0.3, 0.4) is 0 Å². The number of morpholine rings is 1. The molecular weight excluding hydrogens is 138 g/mol. The fraction of sp³-hybridized carbons (Fsp3) is 1.00. The van der Waals surface area contributed by atoms with Crippen molar-refractivity contribution in [2.24, 2.45) is 0 Å². The van der Waals surface area contributed by atoms with Crippen LogP contribution in [0.4, 0.5) is 0 Å². The summed E-state index contributed by atoms with van der Waals surface area (Å²) in [5, 5.41) is 3.31. The summed E-state index contributed by atoms with van der Waals surface area (Å²) < 4.78 is 5.33. The van der Waals surface area contributed by atoms with Crippen molar-refractivity contribution < 1.29 is 4.74 Å². The minimum Gasteiger partial charge on any atom is -0.376 e. The van der Waals surface area contributed by atoms with E-state index in [4.69, 9.17) is 4.74 Å². The van der Waals surface area contributed by atoms with E-state index in [1.165, 1.54) is 0 Å². The molecule has 0 unspecified atom stereocenters. The molecule has 1 N–H and O–H groups in total. The highest BCUT2D eigenvalue weighted by molar-refractivity contribution is 5.85. The van der Waals surface area contributed by atoms with Crippen LogP contribution in [-0.4, -0.2) is 25.3 Å². The quantitative estimate of drug-likeness (QED) is 0.553. The molecule has 9 heavy (non-hydrogen) atoms. The number of halogens is 1. The zero-order valence-electron chi connectivity index (χ0n) is 5.89. The molecule has 2 atom stereocenters. The molecule has 0 aromatic carbocycles. The number of ether oxygens (including phenoxy) is 1. The fourth-order valence-electron chi connectivity index (χ4n) is 0.794. The van der Waals surface area contributed by atoms with Crippen LogP contribution in [0.2, 0.25) is 0 Å². The van der Waals surface area contributed by atoms with Gasteiger partial charge in [0.05, 0.1) is 12.7 Å². The van der Waals surface area contributed by atoms with E-state index in [1.807, 2.05) is 0 Å². The van der Waals surface area contributed by atoms with Crippen molar-refractivity contribution in [1.29, 1.82) is 0 Å². The number of rotatable bonds is 0. The Kier molecular flexibility index (Phi) is 4.19. The standard InChI is InChI=1S/C6H13NO.ClH/c1-5-4-8-6(2)3-7-5;/h5-7H,3-4H2,1-2H3;1H/t5-,6-;/m1./s1. The highest BCUT2D eigenvalue weighted by atomic mass is 35.5. The van der Waals surface area contributed by atoms with Gasteiger partial charge in [-0.3, -0.25) is 0 Å². The third-order valence-corrected chi connectivity index (χ3v) is 1.38. The molecule has 0 bridgehead atoms. The fourth-order valence-corrected chi connectivity index (χ4v) is 0.794. The van der Waals surface area contributed by atoms with Gasteiger partial charge in [0.15, 0.2) is 0 Å². The third kappa shape index (κ3) is 3.04. The average Bonchev–Trinajstić information content (AvgIpc) is 1.77. The second kappa shape index (κ2) is 4.09. The number of hydrogen-bond acceptors (Lipinski definition) is 2. The molecule has 0 aromatic rings. The lowest BCUT2D eigenvalue weighted by atomic mass is 10.3. The summed E-state index contributed by atoms with van der Waals surface area (Å²) in [5.74, 6) is 0. The van der Waals surface area contributed by atoms with E-state index in [0.29, 0.717) is 12.1 Å². The molecule has 1 saturated heterocycles. The minimum absolute atomic E-state index is 0. The largest absolute Gasteiger partial charge is 0.376 e. The predicted molar refractivity (Wildman–Crippen MR) is 40.1 cm³/mol. The van der Waals surface area contributed by atoms with Crippen LogP contribution in [0.1, 0.15) is 13.8 Å². The van der Waals surface area contributed by atoms with E-state index >= 15 is 0 Å². The van der Waals surface area contributed by atoms with E-state index in [2.05, 4.69) is 19.2 Å².